The van der Waals surface area contributed by atoms with Gasteiger partial charge in [-0.2, -0.15) is 5.26 Å². The summed E-state index contributed by atoms with van der Waals surface area (Å²) in [5.41, 5.74) is 1.70. The molecule has 2 saturated heterocycles. The second-order valence-electron chi connectivity index (χ2n) is 10.3. The van der Waals surface area contributed by atoms with Gasteiger partial charge in [0.25, 0.3) is 0 Å². The molecule has 2 heterocycles. The molecule has 2 aliphatic rings. The fourth-order valence-corrected chi connectivity index (χ4v) is 5.12. The van der Waals surface area contributed by atoms with E-state index in [0.717, 1.165) is 23.6 Å². The fourth-order valence-electron chi connectivity index (χ4n) is 5.12. The second-order valence-corrected chi connectivity index (χ2v) is 10.3. The Hall–Kier alpha value is -3.27. The standard InChI is InChI=1S/C26H32N4O3/c1-26(2,3)23-17-29(12-13-30(23)25(32)33)24(31)28-10-8-19(9-11-28)21-7-6-20-14-18(16-27)4-5-22(20)15-21/h4-7,14-15,19,23H,8-13,17H2,1-3H3,(H,32,33). The molecule has 1 N–H and O–H groups in total. The first kappa shape index (κ1) is 22.9. The highest BCUT2D eigenvalue weighted by molar-refractivity contribution is 5.84. The van der Waals surface area contributed by atoms with Crippen molar-refractivity contribution in [3.8, 4) is 6.07 Å². The smallest absolute Gasteiger partial charge is 0.407 e. The monoisotopic (exact) mass is 448 g/mol. The van der Waals surface area contributed by atoms with Gasteiger partial charge in [-0.3, -0.25) is 0 Å². The summed E-state index contributed by atoms with van der Waals surface area (Å²) in [6.07, 6.45) is 0.901. The van der Waals surface area contributed by atoms with Crippen LogP contribution in [0.4, 0.5) is 9.59 Å². The first-order valence-electron chi connectivity index (χ1n) is 11.6. The molecule has 2 fully saturated rings. The van der Waals surface area contributed by atoms with E-state index in [1.54, 1.807) is 0 Å². The van der Waals surface area contributed by atoms with Crippen molar-refractivity contribution in [2.24, 2.45) is 5.41 Å². The Balaban J connectivity index is 1.39. The Bertz CT molecular complexity index is 1090. The van der Waals surface area contributed by atoms with Crippen molar-refractivity contribution in [1.82, 2.24) is 14.7 Å². The average Bonchev–Trinajstić information content (AvgIpc) is 2.82. The Labute approximate surface area is 195 Å². The minimum absolute atomic E-state index is 0.0234. The van der Waals surface area contributed by atoms with Crippen molar-refractivity contribution in [3.63, 3.8) is 0 Å². The van der Waals surface area contributed by atoms with Crippen molar-refractivity contribution in [3.05, 3.63) is 47.5 Å². The number of piperidine rings is 1. The van der Waals surface area contributed by atoms with Crippen LogP contribution in [0.25, 0.3) is 10.8 Å². The molecule has 0 spiro atoms. The molecule has 2 aliphatic heterocycles. The molecule has 3 amide bonds. The molecular weight excluding hydrogens is 416 g/mol. The van der Waals surface area contributed by atoms with Gasteiger partial charge < -0.3 is 19.8 Å². The van der Waals surface area contributed by atoms with Crippen LogP contribution in [0.2, 0.25) is 0 Å². The molecular formula is C26H32N4O3. The van der Waals surface area contributed by atoms with E-state index in [4.69, 9.17) is 5.26 Å². The van der Waals surface area contributed by atoms with Crippen LogP contribution in [0.1, 0.15) is 50.7 Å². The molecule has 1 atom stereocenters. The van der Waals surface area contributed by atoms with Gasteiger partial charge in [-0.15, -0.1) is 0 Å². The highest BCUT2D eigenvalue weighted by Gasteiger charge is 2.40. The average molecular weight is 449 g/mol. The van der Waals surface area contributed by atoms with Gasteiger partial charge in [0.05, 0.1) is 17.7 Å². The quantitative estimate of drug-likeness (QED) is 0.684. The third kappa shape index (κ3) is 4.75. The number of nitriles is 1. The molecule has 7 nitrogen and oxygen atoms in total. The van der Waals surface area contributed by atoms with Crippen molar-refractivity contribution < 1.29 is 14.7 Å². The topological polar surface area (TPSA) is 87.9 Å². The Kier molecular flexibility index (Phi) is 6.20. The van der Waals surface area contributed by atoms with Gasteiger partial charge in [-0.1, -0.05) is 45.0 Å². The number of benzene rings is 2. The van der Waals surface area contributed by atoms with E-state index in [0.29, 0.717) is 44.2 Å². The van der Waals surface area contributed by atoms with E-state index in [2.05, 4.69) is 24.3 Å². The number of carbonyl (C=O) groups is 2. The molecule has 33 heavy (non-hydrogen) atoms. The highest BCUT2D eigenvalue weighted by atomic mass is 16.4. The minimum Gasteiger partial charge on any atom is -0.465 e. The number of carbonyl (C=O) groups excluding carboxylic acids is 1. The first-order valence-corrected chi connectivity index (χ1v) is 11.6. The lowest BCUT2D eigenvalue weighted by molar-refractivity contribution is 0.0258. The van der Waals surface area contributed by atoms with E-state index in [9.17, 15) is 14.7 Å². The number of hydrogen-bond acceptors (Lipinski definition) is 3. The Morgan fingerprint density at radius 3 is 2.27 bits per heavy atom. The summed E-state index contributed by atoms with van der Waals surface area (Å²) in [6.45, 7) is 8.71. The zero-order valence-corrected chi connectivity index (χ0v) is 19.6. The number of fused-ring (bicyclic) bond motifs is 1. The SMILES string of the molecule is CC(C)(C)C1CN(C(=O)N2CCC(c3ccc4cc(C#N)ccc4c3)CC2)CCN1C(=O)O. The van der Waals surface area contributed by atoms with Crippen LogP contribution in [0.15, 0.2) is 36.4 Å². The Morgan fingerprint density at radius 1 is 0.970 bits per heavy atom. The summed E-state index contributed by atoms with van der Waals surface area (Å²) >= 11 is 0. The summed E-state index contributed by atoms with van der Waals surface area (Å²) in [4.78, 5) is 30.1. The second kappa shape index (κ2) is 8.93. The molecule has 7 heteroatoms. The van der Waals surface area contributed by atoms with Crippen molar-refractivity contribution in [2.75, 3.05) is 32.7 Å². The number of urea groups is 1. The predicted octanol–water partition coefficient (Wildman–Crippen LogP) is 4.72. The maximum Gasteiger partial charge on any atom is 0.407 e. The van der Waals surface area contributed by atoms with Crippen molar-refractivity contribution in [2.45, 2.75) is 45.6 Å². The van der Waals surface area contributed by atoms with Crippen LogP contribution >= 0.6 is 0 Å². The summed E-state index contributed by atoms with van der Waals surface area (Å²) < 4.78 is 0. The number of hydrogen-bond donors (Lipinski definition) is 1. The lowest BCUT2D eigenvalue weighted by atomic mass is 9.84. The third-order valence-electron chi connectivity index (χ3n) is 7.13. The zero-order chi connectivity index (χ0) is 23.8. The van der Waals surface area contributed by atoms with Gasteiger partial charge in [-0.25, -0.2) is 9.59 Å². The lowest BCUT2D eigenvalue weighted by Gasteiger charge is -2.47. The summed E-state index contributed by atoms with van der Waals surface area (Å²) in [5.74, 6) is 0.403. The third-order valence-corrected chi connectivity index (χ3v) is 7.13. The predicted molar refractivity (Wildman–Crippen MR) is 127 cm³/mol. The van der Waals surface area contributed by atoms with Crippen LogP contribution in [-0.2, 0) is 0 Å². The van der Waals surface area contributed by atoms with Crippen LogP contribution in [0, 0.1) is 16.7 Å². The number of rotatable bonds is 1. The number of nitrogens with zero attached hydrogens (tertiary/aromatic N) is 4. The van der Waals surface area contributed by atoms with Crippen LogP contribution in [0.3, 0.4) is 0 Å². The van der Waals surface area contributed by atoms with Gasteiger partial charge in [0, 0.05) is 32.7 Å². The van der Waals surface area contributed by atoms with Gasteiger partial charge >= 0.3 is 12.1 Å². The Morgan fingerprint density at radius 2 is 1.64 bits per heavy atom. The molecule has 0 radical (unpaired) electrons. The molecule has 174 valence electrons. The summed E-state index contributed by atoms with van der Waals surface area (Å²) in [6, 6.07) is 14.2. The summed E-state index contributed by atoms with van der Waals surface area (Å²) in [7, 11) is 0. The van der Waals surface area contributed by atoms with E-state index >= 15 is 0 Å². The molecule has 0 saturated carbocycles. The fraction of sp³-hybridized carbons (Fsp3) is 0.500. The van der Waals surface area contributed by atoms with Crippen molar-refractivity contribution >= 4 is 22.9 Å². The molecule has 4 rings (SSSR count). The maximum atomic E-state index is 13.2. The van der Waals surface area contributed by atoms with Crippen LogP contribution in [0.5, 0.6) is 0 Å². The van der Waals surface area contributed by atoms with Gasteiger partial charge in [0.1, 0.15) is 0 Å². The summed E-state index contributed by atoms with van der Waals surface area (Å²) in [5, 5.41) is 20.9. The number of piperazine rings is 1. The van der Waals surface area contributed by atoms with Gasteiger partial charge in [0.2, 0.25) is 0 Å². The minimum atomic E-state index is -0.915. The highest BCUT2D eigenvalue weighted by Crippen LogP contribution is 2.32. The molecule has 0 aliphatic carbocycles. The van der Waals surface area contributed by atoms with E-state index in [-0.39, 0.29) is 17.5 Å². The molecule has 2 aromatic rings. The molecule has 2 aromatic carbocycles. The molecule has 1 unspecified atom stereocenters. The maximum absolute atomic E-state index is 13.2. The lowest BCUT2D eigenvalue weighted by Crippen LogP contribution is -2.62. The zero-order valence-electron chi connectivity index (χ0n) is 19.6. The van der Waals surface area contributed by atoms with E-state index in [1.165, 1.54) is 10.5 Å². The normalized spacial score (nSPS) is 20.1. The van der Waals surface area contributed by atoms with Gasteiger partial charge in [0.15, 0.2) is 0 Å². The first-order chi connectivity index (χ1) is 15.7. The van der Waals surface area contributed by atoms with E-state index < -0.39 is 6.09 Å². The molecule has 0 aromatic heterocycles. The van der Waals surface area contributed by atoms with Gasteiger partial charge in [-0.05, 0) is 52.6 Å². The molecule has 0 bridgehead atoms. The number of likely N-dealkylation sites (tertiary alicyclic amines) is 1. The van der Waals surface area contributed by atoms with E-state index in [1.807, 2.05) is 48.8 Å². The van der Waals surface area contributed by atoms with Crippen LogP contribution in [-0.4, -0.2) is 70.7 Å². The number of carboxylic acid groups (broad SMARTS) is 1. The number of amides is 3. The largest absolute Gasteiger partial charge is 0.465 e. The van der Waals surface area contributed by atoms with Crippen LogP contribution < -0.4 is 0 Å². The van der Waals surface area contributed by atoms with Crippen molar-refractivity contribution in [1.29, 1.82) is 5.26 Å².